The highest BCUT2D eigenvalue weighted by Gasteiger charge is 2.42. The van der Waals surface area contributed by atoms with Gasteiger partial charge in [0, 0.05) is 17.5 Å². The van der Waals surface area contributed by atoms with Crippen LogP contribution in [0, 0.1) is 11.3 Å². The largest absolute Gasteiger partial charge is 0.465 e. The van der Waals surface area contributed by atoms with Crippen molar-refractivity contribution in [1.29, 1.82) is 0 Å². The van der Waals surface area contributed by atoms with Gasteiger partial charge in [0.1, 0.15) is 12.2 Å². The molecule has 6 nitrogen and oxygen atoms in total. The van der Waals surface area contributed by atoms with E-state index in [0.29, 0.717) is 12.7 Å². The first-order valence-electron chi connectivity index (χ1n) is 8.29. The normalized spacial score (nSPS) is 12.3. The lowest BCUT2D eigenvalue weighted by atomic mass is 9.72. The molecule has 0 saturated carbocycles. The van der Waals surface area contributed by atoms with Crippen molar-refractivity contribution in [2.75, 3.05) is 6.61 Å². The summed E-state index contributed by atoms with van der Waals surface area (Å²) in [5.41, 5.74) is 4.48. The molecule has 0 spiro atoms. The number of ketones is 1. The Labute approximate surface area is 147 Å². The quantitative estimate of drug-likeness (QED) is 0.230. The summed E-state index contributed by atoms with van der Waals surface area (Å²) in [6, 6.07) is 6.06. The molecule has 1 atom stereocenters. The van der Waals surface area contributed by atoms with Crippen LogP contribution in [0.1, 0.15) is 60.7 Å². The molecular formula is C19H25NO5. The van der Waals surface area contributed by atoms with Gasteiger partial charge in [-0.2, -0.15) is 0 Å². The molecule has 6 heteroatoms. The highest BCUT2D eigenvalue weighted by Crippen LogP contribution is 2.34. The molecule has 0 fully saturated rings. The molecule has 2 N–H and O–H groups in total. The maximum atomic E-state index is 13.0. The second kappa shape index (κ2) is 9.11. The number of amides is 1. The minimum Gasteiger partial charge on any atom is -0.465 e. The molecule has 0 aromatic heterocycles. The van der Waals surface area contributed by atoms with Gasteiger partial charge in [0.25, 0.3) is 0 Å². The van der Waals surface area contributed by atoms with E-state index in [0.717, 1.165) is 6.42 Å². The van der Waals surface area contributed by atoms with Crippen LogP contribution in [0.15, 0.2) is 24.3 Å². The number of esters is 1. The zero-order valence-corrected chi connectivity index (χ0v) is 14.9. The lowest BCUT2D eigenvalue weighted by molar-refractivity contribution is -0.150. The molecule has 0 bridgehead atoms. The third kappa shape index (κ3) is 5.24. The van der Waals surface area contributed by atoms with Crippen molar-refractivity contribution >= 4 is 23.9 Å². The molecule has 0 aliphatic rings. The van der Waals surface area contributed by atoms with Crippen LogP contribution >= 0.6 is 0 Å². The molecule has 1 rings (SSSR count). The third-order valence-corrected chi connectivity index (χ3v) is 4.09. The fourth-order valence-electron chi connectivity index (χ4n) is 2.58. The second-order valence-corrected chi connectivity index (χ2v) is 6.59. The monoisotopic (exact) mass is 347 g/mol. The molecule has 0 saturated heterocycles. The van der Waals surface area contributed by atoms with Gasteiger partial charge in [-0.3, -0.25) is 14.4 Å². The number of primary amides is 1. The number of unbranched alkanes of at least 4 members (excludes halogenated alkanes) is 1. The van der Waals surface area contributed by atoms with Crippen molar-refractivity contribution in [2.45, 2.75) is 40.0 Å². The van der Waals surface area contributed by atoms with Crippen LogP contribution in [-0.4, -0.2) is 30.6 Å². The highest BCUT2D eigenvalue weighted by atomic mass is 16.5. The van der Waals surface area contributed by atoms with E-state index >= 15 is 0 Å². The van der Waals surface area contributed by atoms with Crippen molar-refractivity contribution in [1.82, 2.24) is 0 Å². The maximum absolute atomic E-state index is 13.0. The Hall–Kier alpha value is -2.50. The molecule has 1 aromatic carbocycles. The zero-order valence-electron chi connectivity index (χ0n) is 14.9. The number of nitrogens with two attached hydrogens (primary N) is 1. The smallest absolute Gasteiger partial charge is 0.317 e. The summed E-state index contributed by atoms with van der Waals surface area (Å²) in [4.78, 5) is 48.2. The number of carbonyl (C=O) groups is 4. The minimum absolute atomic E-state index is 0.00498. The van der Waals surface area contributed by atoms with Crippen LogP contribution in [0.25, 0.3) is 0 Å². The molecule has 1 unspecified atom stereocenters. The first kappa shape index (κ1) is 20.5. The third-order valence-electron chi connectivity index (χ3n) is 4.09. The van der Waals surface area contributed by atoms with Crippen molar-refractivity contribution in [2.24, 2.45) is 17.1 Å². The number of ether oxygens (including phenoxy) is 1. The minimum atomic E-state index is -1.20. The van der Waals surface area contributed by atoms with Gasteiger partial charge in [-0.15, -0.1) is 0 Å². The number of hydrogen-bond acceptors (Lipinski definition) is 5. The lowest BCUT2D eigenvalue weighted by Crippen LogP contribution is -2.40. The number of Topliss-reactive ketones (excluding diaryl/α,β-unsaturated/α-hetero) is 1. The molecule has 0 aliphatic heterocycles. The Kier molecular flexibility index (Phi) is 7.48. The summed E-state index contributed by atoms with van der Waals surface area (Å²) in [7, 11) is 0. The molecule has 1 aromatic rings. The van der Waals surface area contributed by atoms with Gasteiger partial charge in [0.15, 0.2) is 5.78 Å². The molecule has 0 heterocycles. The topological polar surface area (TPSA) is 104 Å². The maximum Gasteiger partial charge on any atom is 0.317 e. The summed E-state index contributed by atoms with van der Waals surface area (Å²) in [5, 5.41) is 0. The van der Waals surface area contributed by atoms with E-state index in [1.165, 1.54) is 12.1 Å². The van der Waals surface area contributed by atoms with Crippen molar-refractivity contribution < 1.29 is 23.9 Å². The Balaban J connectivity index is 3.27. The van der Waals surface area contributed by atoms with E-state index < -0.39 is 29.0 Å². The second-order valence-electron chi connectivity index (χ2n) is 6.59. The molecule has 1 amide bonds. The SMILES string of the molecule is CCCCOC(=O)C(C(=O)c1ccccc1C(N)=O)C(C)(C)CC=O. The predicted molar refractivity (Wildman–Crippen MR) is 93.1 cm³/mol. The first-order chi connectivity index (χ1) is 11.8. The van der Waals surface area contributed by atoms with Crippen LogP contribution in [-0.2, 0) is 14.3 Å². The average Bonchev–Trinajstić information content (AvgIpc) is 2.54. The number of benzene rings is 1. The Morgan fingerprint density at radius 1 is 1.20 bits per heavy atom. The van der Waals surface area contributed by atoms with E-state index in [-0.39, 0.29) is 24.2 Å². The van der Waals surface area contributed by atoms with Crippen molar-refractivity contribution in [3.8, 4) is 0 Å². The van der Waals surface area contributed by atoms with Gasteiger partial charge in [-0.05, 0) is 17.9 Å². The van der Waals surface area contributed by atoms with Crippen LogP contribution in [0.5, 0.6) is 0 Å². The lowest BCUT2D eigenvalue weighted by Gasteiger charge is -2.30. The van der Waals surface area contributed by atoms with Gasteiger partial charge in [-0.1, -0.05) is 45.4 Å². The highest BCUT2D eigenvalue weighted by molar-refractivity contribution is 6.14. The van der Waals surface area contributed by atoms with Gasteiger partial charge < -0.3 is 15.3 Å². The van der Waals surface area contributed by atoms with Crippen LogP contribution in [0.4, 0.5) is 0 Å². The Morgan fingerprint density at radius 2 is 1.80 bits per heavy atom. The fraction of sp³-hybridized carbons (Fsp3) is 0.474. The number of carbonyl (C=O) groups excluding carboxylic acids is 4. The van der Waals surface area contributed by atoms with Crippen LogP contribution < -0.4 is 5.73 Å². The van der Waals surface area contributed by atoms with Gasteiger partial charge in [-0.25, -0.2) is 0 Å². The number of aldehydes is 1. The first-order valence-corrected chi connectivity index (χ1v) is 8.29. The summed E-state index contributed by atoms with van der Waals surface area (Å²) in [6.45, 7) is 5.46. The molecule has 136 valence electrons. The molecule has 0 aliphatic carbocycles. The van der Waals surface area contributed by atoms with Gasteiger partial charge >= 0.3 is 5.97 Å². The van der Waals surface area contributed by atoms with Crippen LogP contribution in [0.3, 0.4) is 0 Å². The standard InChI is InChI=1S/C19H25NO5/c1-4-5-12-25-18(24)15(19(2,3)10-11-21)16(22)13-8-6-7-9-14(13)17(20)23/h6-9,11,15H,4-5,10,12H2,1-3H3,(H2,20,23). The average molecular weight is 347 g/mol. The van der Waals surface area contributed by atoms with Crippen LogP contribution in [0.2, 0.25) is 0 Å². The van der Waals surface area contributed by atoms with Gasteiger partial charge in [0.2, 0.25) is 5.91 Å². The van der Waals surface area contributed by atoms with Crippen molar-refractivity contribution in [3.05, 3.63) is 35.4 Å². The molecule has 25 heavy (non-hydrogen) atoms. The van der Waals surface area contributed by atoms with Gasteiger partial charge in [0.05, 0.1) is 6.61 Å². The molecular weight excluding hydrogens is 322 g/mol. The predicted octanol–water partition coefficient (Wildman–Crippen LogP) is 2.54. The molecule has 0 radical (unpaired) electrons. The van der Waals surface area contributed by atoms with E-state index in [1.54, 1.807) is 26.0 Å². The fourth-order valence-corrected chi connectivity index (χ4v) is 2.58. The van der Waals surface area contributed by atoms with E-state index in [1.807, 2.05) is 6.92 Å². The zero-order chi connectivity index (χ0) is 19.0. The van der Waals surface area contributed by atoms with Crippen molar-refractivity contribution in [3.63, 3.8) is 0 Å². The summed E-state index contributed by atoms with van der Waals surface area (Å²) in [5.74, 6) is -3.21. The summed E-state index contributed by atoms with van der Waals surface area (Å²) >= 11 is 0. The number of rotatable bonds is 10. The Bertz CT molecular complexity index is 651. The van der Waals surface area contributed by atoms with E-state index in [4.69, 9.17) is 10.5 Å². The van der Waals surface area contributed by atoms with E-state index in [9.17, 15) is 19.2 Å². The summed E-state index contributed by atoms with van der Waals surface area (Å²) < 4.78 is 5.23. The Morgan fingerprint density at radius 3 is 2.32 bits per heavy atom. The van der Waals surface area contributed by atoms with E-state index in [2.05, 4.69) is 0 Å². The summed E-state index contributed by atoms with van der Waals surface area (Å²) in [6.07, 6.45) is 2.19. The number of hydrogen-bond donors (Lipinski definition) is 1.